The molecule has 0 aliphatic heterocycles. The van der Waals surface area contributed by atoms with Crippen LogP contribution in [0.2, 0.25) is 0 Å². The third-order valence-electron chi connectivity index (χ3n) is 5.27. The molecule has 4 rings (SSSR count). The Balaban J connectivity index is 1.32. The molecule has 2 aromatic carbocycles. The maximum Gasteiger partial charge on any atom is 0.227 e. The number of nitrogens with one attached hydrogen (secondary N) is 1. The number of carbonyl (C=O) groups is 1. The topological polar surface area (TPSA) is 102 Å². The molecule has 0 unspecified atom stereocenters. The summed E-state index contributed by atoms with van der Waals surface area (Å²) in [6.45, 7) is 0. The highest BCUT2D eigenvalue weighted by molar-refractivity contribution is 7.90. The number of carbonyl (C=O) groups excluding carboxylic acids is 1. The number of hydrogen-bond acceptors (Lipinski definition) is 6. The molecule has 0 saturated heterocycles. The van der Waals surface area contributed by atoms with Gasteiger partial charge in [-0.1, -0.05) is 29.4 Å². The van der Waals surface area contributed by atoms with Gasteiger partial charge in [0.25, 0.3) is 0 Å². The summed E-state index contributed by atoms with van der Waals surface area (Å²) in [5.41, 5.74) is 2.43. The quantitative estimate of drug-likeness (QED) is 0.562. The molecule has 162 valence electrons. The van der Waals surface area contributed by atoms with Gasteiger partial charge in [0.1, 0.15) is 11.6 Å². The molecule has 31 heavy (non-hydrogen) atoms. The molecule has 1 N–H and O–H groups in total. The van der Waals surface area contributed by atoms with Crippen LogP contribution in [-0.4, -0.2) is 24.5 Å². The fourth-order valence-electron chi connectivity index (χ4n) is 3.74. The monoisotopic (exact) mass is 443 g/mol. The number of hydrogen-bond donors (Lipinski definition) is 1. The van der Waals surface area contributed by atoms with Crippen LogP contribution in [0.5, 0.6) is 0 Å². The van der Waals surface area contributed by atoms with Gasteiger partial charge >= 0.3 is 0 Å². The van der Waals surface area contributed by atoms with E-state index in [4.69, 9.17) is 4.52 Å². The molecule has 9 heteroatoms. The molecule has 0 radical (unpaired) electrons. The highest BCUT2D eigenvalue weighted by Crippen LogP contribution is 2.29. The van der Waals surface area contributed by atoms with Crippen molar-refractivity contribution in [3.05, 3.63) is 77.2 Å². The SMILES string of the molecule is O=C(CCc1nc(CS(=O)(=O)c2ccc(F)cc2)no1)N[C@@H]1CCCc2ccccc21. The van der Waals surface area contributed by atoms with Crippen molar-refractivity contribution >= 4 is 15.7 Å². The van der Waals surface area contributed by atoms with Gasteiger partial charge in [-0.05, 0) is 54.7 Å². The maximum absolute atomic E-state index is 13.0. The Labute approximate surface area is 179 Å². The van der Waals surface area contributed by atoms with Crippen molar-refractivity contribution in [2.24, 2.45) is 0 Å². The number of rotatable bonds is 7. The van der Waals surface area contributed by atoms with Gasteiger partial charge < -0.3 is 9.84 Å². The van der Waals surface area contributed by atoms with E-state index in [1.54, 1.807) is 0 Å². The number of amides is 1. The standard InChI is InChI=1S/C22H22FN3O4S/c23-16-8-10-17(11-9-16)31(28,29)14-20-25-22(30-26-20)13-12-21(27)24-19-7-3-5-15-4-1-2-6-18(15)19/h1-2,4,6,8-11,19H,3,5,7,12-14H2,(H,24,27)/t19-/m1/s1. The Kier molecular flexibility index (Phi) is 6.13. The van der Waals surface area contributed by atoms with E-state index < -0.39 is 21.4 Å². The Morgan fingerprint density at radius 1 is 1.16 bits per heavy atom. The summed E-state index contributed by atoms with van der Waals surface area (Å²) >= 11 is 0. The molecule has 0 bridgehead atoms. The van der Waals surface area contributed by atoms with Gasteiger partial charge in [0.2, 0.25) is 11.8 Å². The maximum atomic E-state index is 13.0. The van der Waals surface area contributed by atoms with E-state index in [0.717, 1.165) is 37.0 Å². The zero-order valence-electron chi connectivity index (χ0n) is 16.8. The largest absolute Gasteiger partial charge is 0.349 e. The van der Waals surface area contributed by atoms with Gasteiger partial charge in [0, 0.05) is 12.8 Å². The first-order chi connectivity index (χ1) is 14.9. The molecule has 3 aromatic rings. The average Bonchev–Trinajstić information content (AvgIpc) is 3.19. The summed E-state index contributed by atoms with van der Waals surface area (Å²) < 4.78 is 42.9. The lowest BCUT2D eigenvalue weighted by Gasteiger charge is -2.26. The lowest BCUT2D eigenvalue weighted by Crippen LogP contribution is -2.31. The molecule has 1 aromatic heterocycles. The van der Waals surface area contributed by atoms with Gasteiger partial charge in [0.05, 0.1) is 10.9 Å². The van der Waals surface area contributed by atoms with Crippen molar-refractivity contribution in [2.45, 2.75) is 48.8 Å². The minimum Gasteiger partial charge on any atom is -0.349 e. The second-order valence-electron chi connectivity index (χ2n) is 7.53. The normalized spacial score (nSPS) is 16.0. The van der Waals surface area contributed by atoms with E-state index >= 15 is 0 Å². The molecular formula is C22H22FN3O4S. The van der Waals surface area contributed by atoms with Crippen LogP contribution in [0.1, 0.15) is 48.1 Å². The summed E-state index contributed by atoms with van der Waals surface area (Å²) in [4.78, 5) is 16.5. The van der Waals surface area contributed by atoms with Crippen LogP contribution in [0.3, 0.4) is 0 Å². The van der Waals surface area contributed by atoms with Crippen LogP contribution in [0.25, 0.3) is 0 Å². The van der Waals surface area contributed by atoms with Crippen LogP contribution < -0.4 is 5.32 Å². The molecule has 1 heterocycles. The molecular weight excluding hydrogens is 421 g/mol. The van der Waals surface area contributed by atoms with E-state index in [1.807, 2.05) is 18.2 Å². The van der Waals surface area contributed by atoms with Crippen molar-refractivity contribution in [2.75, 3.05) is 0 Å². The summed E-state index contributed by atoms with van der Waals surface area (Å²) in [6.07, 6.45) is 3.31. The summed E-state index contributed by atoms with van der Waals surface area (Å²) in [5.74, 6) is -0.909. The van der Waals surface area contributed by atoms with Crippen molar-refractivity contribution in [1.82, 2.24) is 15.5 Å². The second kappa shape index (κ2) is 8.97. The first-order valence-corrected chi connectivity index (χ1v) is 11.7. The Morgan fingerprint density at radius 3 is 2.74 bits per heavy atom. The smallest absolute Gasteiger partial charge is 0.227 e. The fraction of sp³-hybridized carbons (Fsp3) is 0.318. The minimum atomic E-state index is -3.73. The molecule has 0 spiro atoms. The predicted octanol–water partition coefficient (Wildman–Crippen LogP) is 3.31. The number of sulfone groups is 1. The van der Waals surface area contributed by atoms with Gasteiger partial charge in [-0.15, -0.1) is 0 Å². The van der Waals surface area contributed by atoms with E-state index in [0.29, 0.717) is 0 Å². The van der Waals surface area contributed by atoms with Crippen molar-refractivity contribution in [3.63, 3.8) is 0 Å². The van der Waals surface area contributed by atoms with Crippen LogP contribution in [-0.2, 0) is 33.2 Å². The van der Waals surface area contributed by atoms with Crippen molar-refractivity contribution in [1.29, 1.82) is 0 Å². The summed E-state index contributed by atoms with van der Waals surface area (Å²) in [5, 5.41) is 6.76. The third kappa shape index (κ3) is 5.16. The highest BCUT2D eigenvalue weighted by atomic mass is 32.2. The molecule has 7 nitrogen and oxygen atoms in total. The fourth-order valence-corrected chi connectivity index (χ4v) is 4.91. The summed E-state index contributed by atoms with van der Waals surface area (Å²) in [6, 6.07) is 12.7. The average molecular weight is 444 g/mol. The zero-order chi connectivity index (χ0) is 21.8. The molecule has 0 saturated carbocycles. The van der Waals surface area contributed by atoms with Gasteiger partial charge in [-0.25, -0.2) is 12.8 Å². The number of aromatic nitrogens is 2. The number of halogens is 1. The minimum absolute atomic E-state index is 0.000871. The number of fused-ring (bicyclic) bond motifs is 1. The Bertz CT molecular complexity index is 1180. The molecule has 0 fully saturated rings. The lowest BCUT2D eigenvalue weighted by atomic mass is 9.87. The first kappa shape index (κ1) is 21.2. The number of aryl methyl sites for hydroxylation is 2. The van der Waals surface area contributed by atoms with Crippen LogP contribution in [0, 0.1) is 5.82 Å². The van der Waals surface area contributed by atoms with E-state index in [9.17, 15) is 17.6 Å². The molecule has 1 aliphatic carbocycles. The van der Waals surface area contributed by atoms with E-state index in [2.05, 4.69) is 21.5 Å². The molecule has 1 atom stereocenters. The Hall–Kier alpha value is -3.07. The van der Waals surface area contributed by atoms with Gasteiger partial charge in [0.15, 0.2) is 15.7 Å². The highest BCUT2D eigenvalue weighted by Gasteiger charge is 2.22. The lowest BCUT2D eigenvalue weighted by molar-refractivity contribution is -0.122. The summed E-state index contributed by atoms with van der Waals surface area (Å²) in [7, 11) is -3.73. The van der Waals surface area contributed by atoms with Crippen LogP contribution in [0.4, 0.5) is 4.39 Å². The third-order valence-corrected chi connectivity index (χ3v) is 6.90. The van der Waals surface area contributed by atoms with E-state index in [-0.39, 0.29) is 41.4 Å². The van der Waals surface area contributed by atoms with E-state index in [1.165, 1.54) is 17.7 Å². The number of nitrogens with zero attached hydrogens (tertiary/aromatic N) is 2. The zero-order valence-corrected chi connectivity index (χ0v) is 17.6. The number of benzene rings is 2. The molecule has 1 aliphatic rings. The molecule has 1 amide bonds. The first-order valence-electron chi connectivity index (χ1n) is 10.1. The Morgan fingerprint density at radius 2 is 1.94 bits per heavy atom. The van der Waals surface area contributed by atoms with Crippen molar-refractivity contribution in [3.8, 4) is 0 Å². The van der Waals surface area contributed by atoms with Crippen LogP contribution >= 0.6 is 0 Å². The van der Waals surface area contributed by atoms with Crippen molar-refractivity contribution < 1.29 is 22.1 Å². The predicted molar refractivity (Wildman–Crippen MR) is 110 cm³/mol. The van der Waals surface area contributed by atoms with Gasteiger partial charge in [-0.2, -0.15) is 4.98 Å². The van der Waals surface area contributed by atoms with Gasteiger partial charge in [-0.3, -0.25) is 4.79 Å². The second-order valence-corrected chi connectivity index (χ2v) is 9.52. The van der Waals surface area contributed by atoms with Crippen LogP contribution in [0.15, 0.2) is 57.9 Å².